The Labute approximate surface area is 105 Å². The van der Waals surface area contributed by atoms with Crippen LogP contribution in [-0.4, -0.2) is 48.0 Å². The second-order valence-corrected chi connectivity index (χ2v) is 5.55. The molecule has 1 atom stereocenters. The molecule has 1 rings (SSSR count). The lowest BCUT2D eigenvalue weighted by molar-refractivity contribution is -0.146. The Morgan fingerprint density at radius 2 is 2.00 bits per heavy atom. The molecule has 0 amide bonds. The van der Waals surface area contributed by atoms with Gasteiger partial charge in [-0.05, 0) is 24.1 Å². The number of aliphatic carboxylic acids is 1. The summed E-state index contributed by atoms with van der Waals surface area (Å²) in [5.41, 5.74) is 0.814. The van der Waals surface area contributed by atoms with Crippen molar-refractivity contribution in [2.75, 3.05) is 12.3 Å². The van der Waals surface area contributed by atoms with Crippen molar-refractivity contribution in [2.24, 2.45) is 0 Å². The molecule has 0 fully saturated rings. The van der Waals surface area contributed by atoms with E-state index >= 15 is 0 Å². The van der Waals surface area contributed by atoms with Gasteiger partial charge in [-0.2, -0.15) is 0 Å². The third kappa shape index (κ3) is 5.21. The lowest BCUT2D eigenvalue weighted by Crippen LogP contribution is -2.37. The number of pyridine rings is 1. The van der Waals surface area contributed by atoms with Gasteiger partial charge in [-0.3, -0.25) is 4.98 Å². The number of carbonyl (C=O) groups is 1. The summed E-state index contributed by atoms with van der Waals surface area (Å²) >= 11 is 0. The molecule has 100 valence electrons. The summed E-state index contributed by atoms with van der Waals surface area (Å²) in [6.45, 7) is -0.534. The Morgan fingerprint density at radius 1 is 1.39 bits per heavy atom. The largest absolute Gasteiger partial charge is 0.479 e. The van der Waals surface area contributed by atoms with Crippen molar-refractivity contribution in [2.45, 2.75) is 12.5 Å². The van der Waals surface area contributed by atoms with E-state index in [0.717, 1.165) is 5.56 Å². The molecule has 0 aromatic carbocycles. The first-order valence-electron chi connectivity index (χ1n) is 5.18. The van der Waals surface area contributed by atoms with Crippen molar-refractivity contribution >= 4 is 16.0 Å². The summed E-state index contributed by atoms with van der Waals surface area (Å²) in [6, 6.07) is 3.39. The molecule has 0 saturated heterocycles. The van der Waals surface area contributed by atoms with Gasteiger partial charge < -0.3 is 10.2 Å². The van der Waals surface area contributed by atoms with E-state index in [1.165, 1.54) is 0 Å². The number of hydrogen-bond acceptors (Lipinski definition) is 5. The van der Waals surface area contributed by atoms with Gasteiger partial charge in [-0.25, -0.2) is 17.9 Å². The number of hydrogen-bond donors (Lipinski definition) is 3. The maximum atomic E-state index is 11.5. The molecule has 0 spiro atoms. The van der Waals surface area contributed by atoms with Crippen LogP contribution in [0.3, 0.4) is 0 Å². The average molecular weight is 274 g/mol. The molecule has 1 aromatic heterocycles. The standard InChI is InChI=1S/C10H14N2O5S/c13-9(10(14)15)7-12-18(16,17)6-3-8-1-4-11-5-2-8/h1-2,4-5,9,12-13H,3,6-7H2,(H,14,15). The molecule has 1 unspecified atom stereocenters. The number of aromatic nitrogens is 1. The van der Waals surface area contributed by atoms with E-state index in [-0.39, 0.29) is 5.75 Å². The summed E-state index contributed by atoms with van der Waals surface area (Å²) in [5, 5.41) is 17.3. The Balaban J connectivity index is 2.43. The number of nitrogens with zero attached hydrogens (tertiary/aromatic N) is 1. The minimum Gasteiger partial charge on any atom is -0.479 e. The highest BCUT2D eigenvalue weighted by molar-refractivity contribution is 7.89. The summed E-state index contributed by atoms with van der Waals surface area (Å²) in [4.78, 5) is 14.1. The fourth-order valence-electron chi connectivity index (χ4n) is 1.17. The molecule has 0 aliphatic carbocycles. The Kier molecular flexibility index (Phi) is 5.20. The van der Waals surface area contributed by atoms with Gasteiger partial charge in [0.1, 0.15) is 0 Å². The van der Waals surface area contributed by atoms with Crippen molar-refractivity contribution < 1.29 is 23.4 Å². The van der Waals surface area contributed by atoms with Gasteiger partial charge in [0.15, 0.2) is 6.10 Å². The minimum atomic E-state index is -3.60. The molecule has 0 saturated carbocycles. The summed E-state index contributed by atoms with van der Waals surface area (Å²) < 4.78 is 25.0. The fourth-order valence-corrected chi connectivity index (χ4v) is 2.23. The average Bonchev–Trinajstić information content (AvgIpc) is 2.35. The van der Waals surface area contributed by atoms with Gasteiger partial charge in [-0.1, -0.05) is 0 Å². The number of aliphatic hydroxyl groups excluding tert-OH is 1. The van der Waals surface area contributed by atoms with Crippen molar-refractivity contribution in [3.63, 3.8) is 0 Å². The number of aliphatic hydroxyl groups is 1. The third-order valence-corrected chi connectivity index (χ3v) is 3.54. The highest BCUT2D eigenvalue weighted by Crippen LogP contribution is 1.99. The molecule has 1 heterocycles. The predicted octanol–water partition coefficient (Wildman–Crippen LogP) is -1.01. The van der Waals surface area contributed by atoms with Gasteiger partial charge in [0, 0.05) is 18.9 Å². The summed E-state index contributed by atoms with van der Waals surface area (Å²) in [5.74, 6) is -1.64. The van der Waals surface area contributed by atoms with Crippen LogP contribution < -0.4 is 4.72 Å². The Hall–Kier alpha value is -1.51. The maximum absolute atomic E-state index is 11.5. The van der Waals surface area contributed by atoms with Crippen LogP contribution in [0.5, 0.6) is 0 Å². The summed E-state index contributed by atoms with van der Waals surface area (Å²) in [7, 11) is -3.60. The molecule has 0 aliphatic rings. The van der Waals surface area contributed by atoms with Crippen LogP contribution in [0.2, 0.25) is 0 Å². The van der Waals surface area contributed by atoms with Gasteiger partial charge in [0.2, 0.25) is 10.0 Å². The third-order valence-electron chi connectivity index (χ3n) is 2.19. The fraction of sp³-hybridized carbons (Fsp3) is 0.400. The predicted molar refractivity (Wildman–Crippen MR) is 63.4 cm³/mol. The van der Waals surface area contributed by atoms with Crippen LogP contribution >= 0.6 is 0 Å². The van der Waals surface area contributed by atoms with Crippen LogP contribution in [-0.2, 0) is 21.2 Å². The van der Waals surface area contributed by atoms with Gasteiger partial charge in [0.05, 0.1) is 5.75 Å². The van der Waals surface area contributed by atoms with Crippen LogP contribution in [0.4, 0.5) is 0 Å². The van der Waals surface area contributed by atoms with Gasteiger partial charge in [-0.15, -0.1) is 0 Å². The van der Waals surface area contributed by atoms with E-state index < -0.39 is 28.6 Å². The van der Waals surface area contributed by atoms with E-state index in [9.17, 15) is 13.2 Å². The van der Waals surface area contributed by atoms with Crippen molar-refractivity contribution in [1.82, 2.24) is 9.71 Å². The van der Waals surface area contributed by atoms with E-state index in [4.69, 9.17) is 10.2 Å². The monoisotopic (exact) mass is 274 g/mol. The van der Waals surface area contributed by atoms with Gasteiger partial charge >= 0.3 is 5.97 Å². The molecule has 7 nitrogen and oxygen atoms in total. The zero-order valence-electron chi connectivity index (χ0n) is 9.48. The lowest BCUT2D eigenvalue weighted by atomic mass is 10.2. The van der Waals surface area contributed by atoms with Crippen molar-refractivity contribution in [3.05, 3.63) is 30.1 Å². The number of carboxylic acids is 1. The molecule has 18 heavy (non-hydrogen) atoms. The first kappa shape index (κ1) is 14.6. The highest BCUT2D eigenvalue weighted by atomic mass is 32.2. The van der Waals surface area contributed by atoms with Crippen molar-refractivity contribution in [3.8, 4) is 0 Å². The first-order valence-corrected chi connectivity index (χ1v) is 6.83. The van der Waals surface area contributed by atoms with Gasteiger partial charge in [0.25, 0.3) is 0 Å². The number of aryl methyl sites for hydroxylation is 1. The smallest absolute Gasteiger partial charge is 0.333 e. The zero-order chi connectivity index (χ0) is 13.6. The number of sulfonamides is 1. The maximum Gasteiger partial charge on any atom is 0.333 e. The van der Waals surface area contributed by atoms with E-state index in [1.807, 2.05) is 4.72 Å². The summed E-state index contributed by atoms with van der Waals surface area (Å²) in [6.07, 6.45) is 1.68. The zero-order valence-corrected chi connectivity index (χ0v) is 10.3. The topological polar surface area (TPSA) is 117 Å². The molecule has 0 radical (unpaired) electrons. The lowest BCUT2D eigenvalue weighted by Gasteiger charge is -2.08. The first-order chi connectivity index (χ1) is 8.41. The van der Waals surface area contributed by atoms with Crippen LogP contribution in [0, 0.1) is 0 Å². The molecular formula is C10H14N2O5S. The number of rotatable bonds is 7. The normalized spacial score (nSPS) is 13.2. The molecule has 1 aromatic rings. The van der Waals surface area contributed by atoms with E-state index in [2.05, 4.69) is 4.98 Å². The van der Waals surface area contributed by atoms with E-state index in [1.54, 1.807) is 24.5 Å². The second kappa shape index (κ2) is 6.43. The van der Waals surface area contributed by atoms with E-state index in [0.29, 0.717) is 6.42 Å². The Bertz CT molecular complexity index is 488. The SMILES string of the molecule is O=C(O)C(O)CNS(=O)(=O)CCc1ccncc1. The molecule has 0 aliphatic heterocycles. The van der Waals surface area contributed by atoms with Crippen LogP contribution in [0.25, 0.3) is 0 Å². The number of carboxylic acid groups (broad SMARTS) is 1. The van der Waals surface area contributed by atoms with Crippen LogP contribution in [0.15, 0.2) is 24.5 Å². The minimum absolute atomic E-state index is 0.177. The highest BCUT2D eigenvalue weighted by Gasteiger charge is 2.17. The quantitative estimate of drug-likeness (QED) is 0.586. The number of nitrogens with one attached hydrogen (secondary N) is 1. The van der Waals surface area contributed by atoms with Crippen LogP contribution in [0.1, 0.15) is 5.56 Å². The molecule has 3 N–H and O–H groups in total. The molecule has 8 heteroatoms. The molecular weight excluding hydrogens is 260 g/mol. The Morgan fingerprint density at radius 3 is 2.56 bits per heavy atom. The van der Waals surface area contributed by atoms with Crippen molar-refractivity contribution in [1.29, 1.82) is 0 Å². The second-order valence-electron chi connectivity index (χ2n) is 3.63. The molecule has 0 bridgehead atoms.